The quantitative estimate of drug-likeness (QED) is 0.696. The second-order valence-corrected chi connectivity index (χ2v) is 4.56. The number of primary amides is 1. The Labute approximate surface area is 119 Å². The smallest absolute Gasteiger partial charge is 0.326 e. The molecule has 1 unspecified atom stereocenters. The molecule has 2 amide bonds. The number of hydrogen-bond acceptors (Lipinski definition) is 4. The number of aryl methyl sites for hydroxylation is 1. The number of hydrogen-bond donors (Lipinski definition) is 3. The summed E-state index contributed by atoms with van der Waals surface area (Å²) >= 11 is 0. The number of fused-ring (bicyclic) bond motifs is 1. The van der Waals surface area contributed by atoms with Gasteiger partial charge in [0.2, 0.25) is 5.91 Å². The van der Waals surface area contributed by atoms with Crippen molar-refractivity contribution in [3.05, 3.63) is 35.8 Å². The fourth-order valence-corrected chi connectivity index (χ4v) is 1.89. The minimum Gasteiger partial charge on any atom is -0.480 e. The van der Waals surface area contributed by atoms with Gasteiger partial charge in [0.1, 0.15) is 17.4 Å². The van der Waals surface area contributed by atoms with Crippen molar-refractivity contribution in [1.82, 2.24) is 14.7 Å². The van der Waals surface area contributed by atoms with Gasteiger partial charge in [0.25, 0.3) is 5.91 Å². The summed E-state index contributed by atoms with van der Waals surface area (Å²) in [6, 6.07) is 4.00. The van der Waals surface area contributed by atoms with E-state index in [4.69, 9.17) is 10.8 Å². The molecule has 2 aromatic rings. The van der Waals surface area contributed by atoms with Gasteiger partial charge in [0.05, 0.1) is 6.42 Å². The van der Waals surface area contributed by atoms with Gasteiger partial charge in [-0.15, -0.1) is 0 Å². The van der Waals surface area contributed by atoms with Gasteiger partial charge < -0.3 is 20.6 Å². The maximum atomic E-state index is 12.0. The Morgan fingerprint density at radius 2 is 2.14 bits per heavy atom. The molecule has 2 rings (SSSR count). The first-order valence-electron chi connectivity index (χ1n) is 6.15. The van der Waals surface area contributed by atoms with Crippen molar-refractivity contribution in [2.75, 3.05) is 0 Å². The van der Waals surface area contributed by atoms with Crippen molar-refractivity contribution >= 4 is 23.4 Å². The first-order valence-corrected chi connectivity index (χ1v) is 6.15. The third-order valence-electron chi connectivity index (χ3n) is 2.94. The maximum absolute atomic E-state index is 12.0. The third kappa shape index (κ3) is 3.16. The molecule has 0 radical (unpaired) electrons. The minimum absolute atomic E-state index is 0.0695. The summed E-state index contributed by atoms with van der Waals surface area (Å²) in [5, 5.41) is 11.2. The van der Waals surface area contributed by atoms with Gasteiger partial charge in [0, 0.05) is 11.9 Å². The zero-order valence-electron chi connectivity index (χ0n) is 11.2. The summed E-state index contributed by atoms with van der Waals surface area (Å²) in [5.41, 5.74) is 6.47. The van der Waals surface area contributed by atoms with Gasteiger partial charge in [-0.05, 0) is 19.1 Å². The van der Waals surface area contributed by atoms with E-state index in [9.17, 15) is 14.4 Å². The lowest BCUT2D eigenvalue weighted by Crippen LogP contribution is -2.43. The summed E-state index contributed by atoms with van der Waals surface area (Å²) < 4.78 is 1.71. The van der Waals surface area contributed by atoms with Crippen molar-refractivity contribution in [1.29, 1.82) is 0 Å². The Balaban J connectivity index is 2.23. The van der Waals surface area contributed by atoms with E-state index in [1.165, 1.54) is 6.20 Å². The number of imidazole rings is 1. The van der Waals surface area contributed by atoms with Crippen LogP contribution in [-0.4, -0.2) is 38.3 Å². The van der Waals surface area contributed by atoms with E-state index in [0.717, 1.165) is 5.69 Å². The number of pyridine rings is 1. The van der Waals surface area contributed by atoms with Gasteiger partial charge >= 0.3 is 5.97 Å². The van der Waals surface area contributed by atoms with Crippen LogP contribution in [0.3, 0.4) is 0 Å². The third-order valence-corrected chi connectivity index (χ3v) is 2.94. The van der Waals surface area contributed by atoms with Crippen LogP contribution in [0.1, 0.15) is 22.6 Å². The number of carbonyl (C=O) groups is 3. The highest BCUT2D eigenvalue weighted by Crippen LogP contribution is 2.08. The van der Waals surface area contributed by atoms with Crippen molar-refractivity contribution in [2.24, 2.45) is 5.73 Å². The lowest BCUT2D eigenvalue weighted by molar-refractivity contribution is -0.140. The van der Waals surface area contributed by atoms with Crippen LogP contribution in [0.15, 0.2) is 24.4 Å². The summed E-state index contributed by atoms with van der Waals surface area (Å²) in [6.07, 6.45) is 1.02. The largest absolute Gasteiger partial charge is 0.480 e. The monoisotopic (exact) mass is 290 g/mol. The molecule has 21 heavy (non-hydrogen) atoms. The Hall–Kier alpha value is -2.90. The van der Waals surface area contributed by atoms with Gasteiger partial charge in [-0.3, -0.25) is 9.59 Å². The highest BCUT2D eigenvalue weighted by molar-refractivity contribution is 5.96. The Morgan fingerprint density at radius 3 is 2.71 bits per heavy atom. The van der Waals surface area contributed by atoms with Crippen molar-refractivity contribution < 1.29 is 19.5 Å². The maximum Gasteiger partial charge on any atom is 0.326 e. The van der Waals surface area contributed by atoms with E-state index in [2.05, 4.69) is 10.3 Å². The summed E-state index contributed by atoms with van der Waals surface area (Å²) in [6.45, 7) is 1.85. The number of carboxylic acid groups (broad SMARTS) is 1. The predicted octanol–water partition coefficient (Wildman–Crippen LogP) is -0.299. The first-order chi connectivity index (χ1) is 9.88. The molecule has 4 N–H and O–H groups in total. The predicted molar refractivity (Wildman–Crippen MR) is 72.6 cm³/mol. The molecule has 1 atom stereocenters. The molecule has 0 aliphatic carbocycles. The molecule has 0 aliphatic heterocycles. The number of aliphatic carboxylic acids is 1. The fourth-order valence-electron chi connectivity index (χ4n) is 1.89. The highest BCUT2D eigenvalue weighted by atomic mass is 16.4. The molecule has 0 bridgehead atoms. The van der Waals surface area contributed by atoms with E-state index in [1.807, 2.05) is 13.0 Å². The molecule has 8 heteroatoms. The molecule has 2 aromatic heterocycles. The summed E-state index contributed by atoms with van der Waals surface area (Å²) in [5.74, 6) is -2.82. The molecule has 110 valence electrons. The standard InChI is InChI=1S/C13H14N4O4/c1-7-3-2-4-11-15-9(6-17(7)11)12(19)16-8(13(20)21)5-10(14)18/h2-4,6,8H,5H2,1H3,(H2,14,18)(H,16,19)(H,20,21). The second kappa shape index (κ2) is 5.61. The molecule has 0 fully saturated rings. The van der Waals surface area contributed by atoms with Crippen LogP contribution in [0.25, 0.3) is 5.65 Å². The van der Waals surface area contributed by atoms with E-state index in [0.29, 0.717) is 5.65 Å². The van der Waals surface area contributed by atoms with Gasteiger partial charge in [0.15, 0.2) is 0 Å². The molecule has 0 spiro atoms. The minimum atomic E-state index is -1.37. The number of nitrogens with zero attached hydrogens (tertiary/aromatic N) is 2. The molecule has 0 aliphatic rings. The molecule has 0 aromatic carbocycles. The van der Waals surface area contributed by atoms with E-state index < -0.39 is 30.2 Å². The zero-order valence-corrected chi connectivity index (χ0v) is 11.2. The average molecular weight is 290 g/mol. The summed E-state index contributed by atoms with van der Waals surface area (Å²) in [4.78, 5) is 37.9. The zero-order chi connectivity index (χ0) is 15.6. The van der Waals surface area contributed by atoms with E-state index in [-0.39, 0.29) is 5.69 Å². The van der Waals surface area contributed by atoms with Gasteiger partial charge in [-0.25, -0.2) is 9.78 Å². The van der Waals surface area contributed by atoms with Crippen LogP contribution in [-0.2, 0) is 9.59 Å². The number of carboxylic acids is 1. The van der Waals surface area contributed by atoms with Crippen LogP contribution in [0.2, 0.25) is 0 Å². The van der Waals surface area contributed by atoms with Crippen LogP contribution in [0, 0.1) is 6.92 Å². The topological polar surface area (TPSA) is 127 Å². The van der Waals surface area contributed by atoms with Crippen LogP contribution < -0.4 is 11.1 Å². The lowest BCUT2D eigenvalue weighted by atomic mass is 10.2. The van der Waals surface area contributed by atoms with Crippen LogP contribution >= 0.6 is 0 Å². The number of carbonyl (C=O) groups excluding carboxylic acids is 2. The number of nitrogens with one attached hydrogen (secondary N) is 1. The highest BCUT2D eigenvalue weighted by Gasteiger charge is 2.23. The summed E-state index contributed by atoms with van der Waals surface area (Å²) in [7, 11) is 0. The second-order valence-electron chi connectivity index (χ2n) is 4.56. The SMILES string of the molecule is Cc1cccc2nc(C(=O)NC(CC(N)=O)C(=O)O)cn12. The number of nitrogens with two attached hydrogens (primary N) is 1. The van der Waals surface area contributed by atoms with Gasteiger partial charge in [-0.2, -0.15) is 0 Å². The molecule has 0 saturated carbocycles. The van der Waals surface area contributed by atoms with Crippen molar-refractivity contribution in [3.63, 3.8) is 0 Å². The van der Waals surface area contributed by atoms with Crippen molar-refractivity contribution in [2.45, 2.75) is 19.4 Å². The fraction of sp³-hybridized carbons (Fsp3) is 0.231. The Bertz CT molecular complexity index is 722. The Kier molecular flexibility index (Phi) is 3.88. The van der Waals surface area contributed by atoms with Crippen LogP contribution in [0.4, 0.5) is 0 Å². The first kappa shape index (κ1) is 14.5. The average Bonchev–Trinajstić information content (AvgIpc) is 2.82. The molecule has 8 nitrogen and oxygen atoms in total. The lowest BCUT2D eigenvalue weighted by Gasteiger charge is -2.11. The van der Waals surface area contributed by atoms with Crippen molar-refractivity contribution in [3.8, 4) is 0 Å². The number of aromatic nitrogens is 2. The Morgan fingerprint density at radius 1 is 1.43 bits per heavy atom. The normalized spacial score (nSPS) is 12.0. The molecule has 2 heterocycles. The van der Waals surface area contributed by atoms with E-state index >= 15 is 0 Å². The molecule has 0 saturated heterocycles. The molecular formula is C13H14N4O4. The van der Waals surface area contributed by atoms with Gasteiger partial charge in [-0.1, -0.05) is 6.07 Å². The molecular weight excluding hydrogens is 276 g/mol. The number of amides is 2. The van der Waals surface area contributed by atoms with E-state index in [1.54, 1.807) is 16.5 Å². The number of rotatable bonds is 5. The van der Waals surface area contributed by atoms with Crippen LogP contribution in [0.5, 0.6) is 0 Å².